The summed E-state index contributed by atoms with van der Waals surface area (Å²) in [6.07, 6.45) is 0. The van der Waals surface area contributed by atoms with Gasteiger partial charge in [0.15, 0.2) is 5.69 Å². The first-order valence-electron chi connectivity index (χ1n) is 5.71. The van der Waals surface area contributed by atoms with E-state index >= 15 is 0 Å². The van der Waals surface area contributed by atoms with Crippen molar-refractivity contribution < 1.29 is 19.6 Å². The predicted molar refractivity (Wildman–Crippen MR) is 74.1 cm³/mol. The monoisotopic (exact) mass is 308 g/mol. The van der Waals surface area contributed by atoms with Crippen LogP contribution in [-0.2, 0) is 0 Å². The molecule has 0 aliphatic rings. The van der Waals surface area contributed by atoms with Gasteiger partial charge in [-0.1, -0.05) is 17.7 Å². The van der Waals surface area contributed by atoms with E-state index in [0.717, 1.165) is 5.56 Å². The minimum absolute atomic E-state index is 0.0221. The fourth-order valence-corrected chi connectivity index (χ4v) is 1.78. The van der Waals surface area contributed by atoms with E-state index in [1.807, 2.05) is 0 Å². The highest BCUT2D eigenvalue weighted by atomic mass is 35.5. The van der Waals surface area contributed by atoms with Crippen LogP contribution in [0.1, 0.15) is 16.1 Å². The lowest BCUT2D eigenvalue weighted by molar-refractivity contribution is -0.385. The summed E-state index contributed by atoms with van der Waals surface area (Å²) in [6.45, 7) is 1.74. The molecular weight excluding hydrogens is 300 g/mol. The number of nitro groups is 1. The molecule has 1 heterocycles. The van der Waals surface area contributed by atoms with Crippen LogP contribution in [-0.4, -0.2) is 21.0 Å². The SMILES string of the molecule is Cc1ccc([N+](=O)[O-])c(Oc2ccc(Cl)c(C(=O)O)n2)c1. The van der Waals surface area contributed by atoms with Crippen molar-refractivity contribution in [2.24, 2.45) is 0 Å². The highest BCUT2D eigenvalue weighted by Gasteiger charge is 2.18. The second-order valence-corrected chi connectivity index (χ2v) is 4.52. The van der Waals surface area contributed by atoms with Crippen LogP contribution in [0.3, 0.4) is 0 Å². The van der Waals surface area contributed by atoms with Gasteiger partial charge in [0.25, 0.3) is 0 Å². The Morgan fingerprint density at radius 2 is 2.10 bits per heavy atom. The van der Waals surface area contributed by atoms with E-state index in [1.165, 1.54) is 24.3 Å². The smallest absolute Gasteiger partial charge is 0.356 e. The van der Waals surface area contributed by atoms with Crippen LogP contribution in [0, 0.1) is 17.0 Å². The molecule has 0 bridgehead atoms. The van der Waals surface area contributed by atoms with Gasteiger partial charge in [0.1, 0.15) is 0 Å². The molecule has 1 aromatic carbocycles. The zero-order valence-corrected chi connectivity index (χ0v) is 11.5. The molecule has 0 atom stereocenters. The number of aryl methyl sites for hydroxylation is 1. The molecular formula is C13H9ClN2O5. The molecule has 7 nitrogen and oxygen atoms in total. The van der Waals surface area contributed by atoms with E-state index in [4.69, 9.17) is 21.4 Å². The number of nitrogens with zero attached hydrogens (tertiary/aromatic N) is 2. The fraction of sp³-hybridized carbons (Fsp3) is 0.0769. The molecule has 0 saturated carbocycles. The maximum atomic E-state index is 10.9. The van der Waals surface area contributed by atoms with Crippen LogP contribution in [0.15, 0.2) is 30.3 Å². The number of aromatic carboxylic acids is 1. The van der Waals surface area contributed by atoms with E-state index in [0.29, 0.717) is 0 Å². The van der Waals surface area contributed by atoms with Crippen molar-refractivity contribution in [3.8, 4) is 11.6 Å². The quantitative estimate of drug-likeness (QED) is 0.685. The first-order valence-corrected chi connectivity index (χ1v) is 6.09. The first-order chi connectivity index (χ1) is 9.88. The van der Waals surface area contributed by atoms with Gasteiger partial charge in [0.05, 0.1) is 9.95 Å². The summed E-state index contributed by atoms with van der Waals surface area (Å²) in [5.41, 5.74) is 0.127. The van der Waals surface area contributed by atoms with Crippen LogP contribution in [0.25, 0.3) is 0 Å². The molecule has 108 valence electrons. The van der Waals surface area contributed by atoms with E-state index < -0.39 is 10.9 Å². The van der Waals surface area contributed by atoms with Crippen LogP contribution < -0.4 is 4.74 Å². The summed E-state index contributed by atoms with van der Waals surface area (Å²) < 4.78 is 5.32. The minimum atomic E-state index is -1.32. The van der Waals surface area contributed by atoms with Gasteiger partial charge in [-0.05, 0) is 24.6 Å². The average molecular weight is 309 g/mol. The Balaban J connectivity index is 2.43. The van der Waals surface area contributed by atoms with Gasteiger partial charge in [-0.2, -0.15) is 0 Å². The number of hydrogen-bond donors (Lipinski definition) is 1. The van der Waals surface area contributed by atoms with Gasteiger partial charge in [0.2, 0.25) is 11.6 Å². The lowest BCUT2D eigenvalue weighted by Gasteiger charge is -2.07. The molecule has 21 heavy (non-hydrogen) atoms. The Labute approximate surface area is 123 Å². The largest absolute Gasteiger partial charge is 0.476 e. The van der Waals surface area contributed by atoms with Crippen molar-refractivity contribution in [2.75, 3.05) is 0 Å². The summed E-state index contributed by atoms with van der Waals surface area (Å²) in [6, 6.07) is 6.98. The van der Waals surface area contributed by atoms with Crippen molar-refractivity contribution in [3.63, 3.8) is 0 Å². The third-order valence-electron chi connectivity index (χ3n) is 2.55. The molecule has 0 amide bonds. The molecule has 0 unspecified atom stereocenters. The summed E-state index contributed by atoms with van der Waals surface area (Å²) in [4.78, 5) is 25.0. The maximum absolute atomic E-state index is 10.9. The Morgan fingerprint density at radius 3 is 2.71 bits per heavy atom. The standard InChI is InChI=1S/C13H9ClN2O5/c1-7-2-4-9(16(19)20)10(6-7)21-11-5-3-8(14)12(15-11)13(17)18/h2-6H,1H3,(H,17,18). The third kappa shape index (κ3) is 3.26. The second-order valence-electron chi connectivity index (χ2n) is 4.12. The lowest BCUT2D eigenvalue weighted by atomic mass is 10.2. The van der Waals surface area contributed by atoms with E-state index in [1.54, 1.807) is 13.0 Å². The van der Waals surface area contributed by atoms with Gasteiger partial charge < -0.3 is 9.84 Å². The maximum Gasteiger partial charge on any atom is 0.356 e. The van der Waals surface area contributed by atoms with Crippen LogP contribution in [0.5, 0.6) is 11.6 Å². The Bertz CT molecular complexity index is 732. The Hall–Kier alpha value is -2.67. The summed E-state index contributed by atoms with van der Waals surface area (Å²) in [7, 11) is 0. The molecule has 1 N–H and O–H groups in total. The number of aromatic nitrogens is 1. The number of ether oxygens (including phenoxy) is 1. The third-order valence-corrected chi connectivity index (χ3v) is 2.85. The zero-order chi connectivity index (χ0) is 15.6. The minimum Gasteiger partial charge on any atom is -0.476 e. The molecule has 0 saturated heterocycles. The molecule has 2 aromatic rings. The molecule has 0 spiro atoms. The Morgan fingerprint density at radius 1 is 1.38 bits per heavy atom. The fourth-order valence-electron chi connectivity index (χ4n) is 1.60. The molecule has 0 aliphatic carbocycles. The normalized spacial score (nSPS) is 10.2. The first kappa shape index (κ1) is 14.7. The lowest BCUT2D eigenvalue weighted by Crippen LogP contribution is -2.03. The van der Waals surface area contributed by atoms with Crippen LogP contribution >= 0.6 is 11.6 Å². The number of carboxylic acid groups (broad SMARTS) is 1. The van der Waals surface area contributed by atoms with Gasteiger partial charge >= 0.3 is 11.7 Å². The van der Waals surface area contributed by atoms with Crippen molar-refractivity contribution in [1.29, 1.82) is 0 Å². The second kappa shape index (κ2) is 5.76. The number of halogens is 1. The van der Waals surface area contributed by atoms with Crippen molar-refractivity contribution >= 4 is 23.3 Å². The highest BCUT2D eigenvalue weighted by molar-refractivity contribution is 6.33. The van der Waals surface area contributed by atoms with E-state index in [2.05, 4.69) is 4.98 Å². The molecule has 1 aromatic heterocycles. The topological polar surface area (TPSA) is 103 Å². The number of pyridine rings is 1. The average Bonchev–Trinajstić information content (AvgIpc) is 2.40. The molecule has 0 radical (unpaired) electrons. The number of hydrogen-bond acceptors (Lipinski definition) is 5. The molecule has 8 heteroatoms. The molecule has 0 fully saturated rings. The number of benzene rings is 1. The van der Waals surface area contributed by atoms with Gasteiger partial charge in [-0.3, -0.25) is 10.1 Å². The van der Waals surface area contributed by atoms with Gasteiger partial charge in [-0.25, -0.2) is 9.78 Å². The Kier molecular flexibility index (Phi) is 4.04. The number of carboxylic acids is 1. The highest BCUT2D eigenvalue weighted by Crippen LogP contribution is 2.32. The van der Waals surface area contributed by atoms with E-state index in [-0.39, 0.29) is 28.0 Å². The van der Waals surface area contributed by atoms with Crippen LogP contribution in [0.4, 0.5) is 5.69 Å². The predicted octanol–water partition coefficient (Wildman–Crippen LogP) is 3.44. The molecule has 0 aliphatic heterocycles. The number of rotatable bonds is 4. The van der Waals surface area contributed by atoms with Crippen molar-refractivity contribution in [1.82, 2.24) is 4.98 Å². The summed E-state index contributed by atoms with van der Waals surface area (Å²) in [5.74, 6) is -1.43. The van der Waals surface area contributed by atoms with Crippen molar-refractivity contribution in [3.05, 3.63) is 56.7 Å². The summed E-state index contributed by atoms with van der Waals surface area (Å²) >= 11 is 5.69. The summed E-state index contributed by atoms with van der Waals surface area (Å²) in [5, 5.41) is 19.8. The molecule has 2 rings (SSSR count). The van der Waals surface area contributed by atoms with Gasteiger partial charge in [-0.15, -0.1) is 0 Å². The van der Waals surface area contributed by atoms with E-state index in [9.17, 15) is 14.9 Å². The van der Waals surface area contributed by atoms with Gasteiger partial charge in [0, 0.05) is 12.1 Å². The number of carbonyl (C=O) groups is 1. The zero-order valence-electron chi connectivity index (χ0n) is 10.7. The van der Waals surface area contributed by atoms with Crippen LogP contribution in [0.2, 0.25) is 5.02 Å². The van der Waals surface area contributed by atoms with Crippen molar-refractivity contribution in [2.45, 2.75) is 6.92 Å². The number of nitro benzene ring substituents is 1.